The van der Waals surface area contributed by atoms with Crippen molar-refractivity contribution < 1.29 is 4.42 Å². The van der Waals surface area contributed by atoms with Gasteiger partial charge in [-0.15, -0.1) is 0 Å². The van der Waals surface area contributed by atoms with Crippen molar-refractivity contribution >= 4 is 75.8 Å². The lowest BCUT2D eigenvalue weighted by Gasteiger charge is -2.19. The van der Waals surface area contributed by atoms with Crippen LogP contribution in [-0.2, 0) is 0 Å². The molecule has 0 N–H and O–H groups in total. The molecular formula is C44H26O. The van der Waals surface area contributed by atoms with Gasteiger partial charge in [0.25, 0.3) is 0 Å². The average molecular weight is 571 g/mol. The molecule has 9 aromatic carbocycles. The number of hydrogen-bond acceptors (Lipinski definition) is 1. The number of para-hydroxylation sites is 1. The first-order valence-corrected chi connectivity index (χ1v) is 15.5. The normalized spacial score (nSPS) is 12.0. The maximum Gasteiger partial charge on any atom is 0.143 e. The Bertz CT molecular complexity index is 2760. The van der Waals surface area contributed by atoms with Crippen molar-refractivity contribution in [2.24, 2.45) is 0 Å². The van der Waals surface area contributed by atoms with Crippen LogP contribution >= 0.6 is 0 Å². The average Bonchev–Trinajstić information content (AvgIpc) is 3.49. The van der Waals surface area contributed by atoms with Gasteiger partial charge in [-0.1, -0.05) is 140 Å². The molecule has 0 saturated carbocycles. The number of rotatable bonds is 2. The van der Waals surface area contributed by atoms with E-state index in [1.54, 1.807) is 0 Å². The Labute approximate surface area is 259 Å². The second kappa shape index (κ2) is 9.29. The summed E-state index contributed by atoms with van der Waals surface area (Å²) in [5.74, 6) is 0. The first kappa shape index (κ1) is 24.5. The molecule has 0 aliphatic heterocycles. The maximum absolute atomic E-state index is 6.47. The first-order chi connectivity index (χ1) is 22.3. The first-order valence-electron chi connectivity index (χ1n) is 15.5. The van der Waals surface area contributed by atoms with Crippen LogP contribution in [-0.4, -0.2) is 0 Å². The van der Waals surface area contributed by atoms with Crippen LogP contribution in [0.15, 0.2) is 162 Å². The van der Waals surface area contributed by atoms with Crippen molar-refractivity contribution in [3.63, 3.8) is 0 Å². The zero-order valence-electron chi connectivity index (χ0n) is 24.4. The van der Waals surface area contributed by atoms with Crippen molar-refractivity contribution in [1.82, 2.24) is 0 Å². The van der Waals surface area contributed by atoms with E-state index in [2.05, 4.69) is 152 Å². The Morgan fingerprint density at radius 3 is 1.58 bits per heavy atom. The van der Waals surface area contributed by atoms with Crippen molar-refractivity contribution in [2.75, 3.05) is 0 Å². The van der Waals surface area contributed by atoms with Gasteiger partial charge in [0.05, 0.1) is 0 Å². The molecule has 208 valence electrons. The smallest absolute Gasteiger partial charge is 0.143 e. The third kappa shape index (κ3) is 3.50. The molecule has 1 aromatic heterocycles. The van der Waals surface area contributed by atoms with Crippen LogP contribution in [0.2, 0.25) is 0 Å². The van der Waals surface area contributed by atoms with Gasteiger partial charge in [-0.2, -0.15) is 0 Å². The van der Waals surface area contributed by atoms with Gasteiger partial charge in [0.2, 0.25) is 0 Å². The van der Waals surface area contributed by atoms with Gasteiger partial charge in [-0.3, -0.25) is 0 Å². The second-order valence-electron chi connectivity index (χ2n) is 12.0. The van der Waals surface area contributed by atoms with Crippen molar-refractivity contribution in [3.8, 4) is 22.3 Å². The minimum atomic E-state index is 0.920. The van der Waals surface area contributed by atoms with E-state index < -0.39 is 0 Å². The highest BCUT2D eigenvalue weighted by Gasteiger charge is 2.21. The molecule has 45 heavy (non-hydrogen) atoms. The van der Waals surface area contributed by atoms with Crippen LogP contribution in [0.1, 0.15) is 0 Å². The third-order valence-electron chi connectivity index (χ3n) is 9.62. The van der Waals surface area contributed by atoms with Crippen molar-refractivity contribution in [1.29, 1.82) is 0 Å². The molecule has 0 radical (unpaired) electrons. The van der Waals surface area contributed by atoms with Gasteiger partial charge in [-0.05, 0) is 88.9 Å². The lowest BCUT2D eigenvalue weighted by molar-refractivity contribution is 0.672. The highest BCUT2D eigenvalue weighted by atomic mass is 16.3. The predicted molar refractivity (Wildman–Crippen MR) is 192 cm³/mol. The van der Waals surface area contributed by atoms with E-state index in [4.69, 9.17) is 4.42 Å². The van der Waals surface area contributed by atoms with Crippen LogP contribution in [0.4, 0.5) is 0 Å². The molecule has 0 unspecified atom stereocenters. The fourth-order valence-corrected chi connectivity index (χ4v) is 7.65. The molecule has 10 aromatic rings. The molecule has 0 aliphatic rings. The lowest BCUT2D eigenvalue weighted by atomic mass is 9.84. The Morgan fingerprint density at radius 1 is 0.311 bits per heavy atom. The van der Waals surface area contributed by atoms with E-state index >= 15 is 0 Å². The summed E-state index contributed by atoms with van der Waals surface area (Å²) in [6.07, 6.45) is 0. The zero-order valence-corrected chi connectivity index (χ0v) is 24.4. The molecule has 1 heterocycles. The molecule has 0 saturated heterocycles. The van der Waals surface area contributed by atoms with E-state index in [9.17, 15) is 0 Å². The predicted octanol–water partition coefficient (Wildman–Crippen LogP) is 12.7. The van der Waals surface area contributed by atoms with E-state index in [1.807, 2.05) is 6.07 Å². The van der Waals surface area contributed by atoms with Crippen LogP contribution in [0, 0.1) is 0 Å². The summed E-state index contributed by atoms with van der Waals surface area (Å²) in [4.78, 5) is 0. The zero-order chi connectivity index (χ0) is 29.5. The summed E-state index contributed by atoms with van der Waals surface area (Å²) >= 11 is 0. The van der Waals surface area contributed by atoms with E-state index in [-0.39, 0.29) is 0 Å². The molecule has 0 spiro atoms. The number of hydrogen-bond donors (Lipinski definition) is 0. The largest absolute Gasteiger partial charge is 0.455 e. The minimum absolute atomic E-state index is 0.920. The topological polar surface area (TPSA) is 13.1 Å². The van der Waals surface area contributed by atoms with E-state index in [0.29, 0.717) is 0 Å². The summed E-state index contributed by atoms with van der Waals surface area (Å²) in [5.41, 5.74) is 6.87. The highest BCUT2D eigenvalue weighted by Crippen LogP contribution is 2.48. The van der Waals surface area contributed by atoms with E-state index in [0.717, 1.165) is 27.3 Å². The van der Waals surface area contributed by atoms with Crippen LogP contribution in [0.5, 0.6) is 0 Å². The maximum atomic E-state index is 6.47. The molecular weight excluding hydrogens is 544 g/mol. The summed E-state index contributed by atoms with van der Waals surface area (Å²) in [6, 6.07) is 57.4. The minimum Gasteiger partial charge on any atom is -0.455 e. The summed E-state index contributed by atoms with van der Waals surface area (Å²) in [5, 5.41) is 14.8. The summed E-state index contributed by atoms with van der Waals surface area (Å²) in [6.45, 7) is 0. The van der Waals surface area contributed by atoms with Crippen LogP contribution in [0.3, 0.4) is 0 Å². The van der Waals surface area contributed by atoms with E-state index in [1.165, 1.54) is 70.7 Å². The molecule has 0 amide bonds. The van der Waals surface area contributed by atoms with Gasteiger partial charge < -0.3 is 4.42 Å². The van der Waals surface area contributed by atoms with Crippen molar-refractivity contribution in [3.05, 3.63) is 158 Å². The Balaban J connectivity index is 1.34. The fraction of sp³-hybridized carbons (Fsp3) is 0. The van der Waals surface area contributed by atoms with Crippen LogP contribution < -0.4 is 0 Å². The number of furan rings is 1. The Kier molecular flexibility index (Phi) is 5.06. The summed E-state index contributed by atoms with van der Waals surface area (Å²) < 4.78 is 6.47. The Morgan fingerprint density at radius 2 is 0.844 bits per heavy atom. The van der Waals surface area contributed by atoms with Gasteiger partial charge in [-0.25, -0.2) is 0 Å². The molecule has 1 heteroatoms. The monoisotopic (exact) mass is 570 g/mol. The van der Waals surface area contributed by atoms with Crippen molar-refractivity contribution in [2.45, 2.75) is 0 Å². The van der Waals surface area contributed by atoms with Gasteiger partial charge in [0, 0.05) is 16.2 Å². The van der Waals surface area contributed by atoms with Gasteiger partial charge >= 0.3 is 0 Å². The molecule has 10 rings (SSSR count). The molecule has 0 bridgehead atoms. The SMILES string of the molecule is c1ccc2c(c1)ccc1cc(-c3c4ccccc4c(-c4cc5c6ccccc6oc5c5ccccc45)c4ccccc34)ccc12. The fourth-order valence-electron chi connectivity index (χ4n) is 7.65. The highest BCUT2D eigenvalue weighted by molar-refractivity contribution is 6.27. The molecule has 0 atom stereocenters. The quantitative estimate of drug-likeness (QED) is 0.149. The Hall–Kier alpha value is -5.92. The second-order valence-corrected chi connectivity index (χ2v) is 12.0. The molecule has 1 nitrogen and oxygen atoms in total. The lowest BCUT2D eigenvalue weighted by Crippen LogP contribution is -1.92. The van der Waals surface area contributed by atoms with Gasteiger partial charge in [0.15, 0.2) is 0 Å². The summed E-state index contributed by atoms with van der Waals surface area (Å²) in [7, 11) is 0. The van der Waals surface area contributed by atoms with Crippen LogP contribution in [0.25, 0.3) is 98.1 Å². The third-order valence-corrected chi connectivity index (χ3v) is 9.62. The van der Waals surface area contributed by atoms with Gasteiger partial charge in [0.1, 0.15) is 11.2 Å². The number of benzene rings is 9. The molecule has 0 fully saturated rings. The standard InChI is InChI=1S/C44H26O/c1-2-12-30-27(11-1)21-22-28-25-29(23-24-31(28)30)42-34-15-4-6-17-36(34)43(37-18-7-5-16-35(37)42)39-26-40-33-14-9-10-20-41(33)45-44(40)38-19-8-3-13-32(38)39/h1-26H. The number of fused-ring (bicyclic) bond motifs is 10. The molecule has 0 aliphatic carbocycles.